The molecule has 4 aliphatic rings. The molecule has 32 heavy (non-hydrogen) atoms. The van der Waals surface area contributed by atoms with E-state index in [1.54, 1.807) is 31.0 Å². The fraction of sp³-hybridized carbons (Fsp3) is 0.833. The Balaban J connectivity index is 1.37. The van der Waals surface area contributed by atoms with Crippen molar-refractivity contribution in [3.8, 4) is 0 Å². The molecule has 1 saturated carbocycles. The molecule has 3 heterocycles. The average Bonchev–Trinajstić information content (AvgIpc) is 3.61. The number of ether oxygens (including phenoxy) is 4. The number of epoxide rings is 2. The van der Waals surface area contributed by atoms with Crippen molar-refractivity contribution in [1.82, 2.24) is 9.80 Å². The van der Waals surface area contributed by atoms with E-state index in [1.165, 1.54) is 5.57 Å². The van der Waals surface area contributed by atoms with Crippen LogP contribution < -0.4 is 0 Å². The highest BCUT2D eigenvalue weighted by atomic mass is 16.6. The number of amides is 2. The number of hydrogen-bond donors (Lipinski definition) is 0. The number of methoxy groups -OCH3 is 1. The molecule has 0 aromatic rings. The van der Waals surface area contributed by atoms with Crippen LogP contribution in [-0.2, 0) is 23.7 Å². The van der Waals surface area contributed by atoms with Crippen molar-refractivity contribution in [1.29, 1.82) is 0 Å². The van der Waals surface area contributed by atoms with Crippen molar-refractivity contribution >= 4 is 12.0 Å². The Bertz CT molecular complexity index is 768. The van der Waals surface area contributed by atoms with Gasteiger partial charge in [0.2, 0.25) is 5.91 Å². The van der Waals surface area contributed by atoms with Crippen LogP contribution in [0.25, 0.3) is 0 Å². The van der Waals surface area contributed by atoms with E-state index in [1.807, 2.05) is 0 Å². The highest BCUT2D eigenvalue weighted by molar-refractivity contribution is 5.76. The first-order chi connectivity index (χ1) is 15.1. The van der Waals surface area contributed by atoms with Crippen LogP contribution >= 0.6 is 0 Å². The topological polar surface area (TPSA) is 84.1 Å². The fourth-order valence-electron chi connectivity index (χ4n) is 5.55. The van der Waals surface area contributed by atoms with Crippen LogP contribution in [0, 0.1) is 11.8 Å². The molecule has 0 N–H and O–H groups in total. The zero-order valence-corrected chi connectivity index (χ0v) is 20.3. The van der Waals surface area contributed by atoms with E-state index in [0.717, 1.165) is 12.8 Å². The Morgan fingerprint density at radius 3 is 2.50 bits per heavy atom. The van der Waals surface area contributed by atoms with Crippen molar-refractivity contribution < 1.29 is 28.5 Å². The number of carbonyl (C=O) groups is 2. The number of carbonyl (C=O) groups excluding carboxylic acids is 2. The zero-order valence-electron chi connectivity index (χ0n) is 20.3. The number of rotatable bonds is 7. The van der Waals surface area contributed by atoms with Crippen LogP contribution in [0.4, 0.5) is 4.79 Å². The van der Waals surface area contributed by atoms with E-state index in [2.05, 4.69) is 26.8 Å². The van der Waals surface area contributed by atoms with Gasteiger partial charge >= 0.3 is 6.09 Å². The predicted molar refractivity (Wildman–Crippen MR) is 118 cm³/mol. The summed E-state index contributed by atoms with van der Waals surface area (Å²) in [5.74, 6) is 0.309. The van der Waals surface area contributed by atoms with Gasteiger partial charge in [0.25, 0.3) is 0 Å². The third-order valence-electron chi connectivity index (χ3n) is 7.67. The molecular weight excluding hydrogens is 412 g/mol. The molecule has 4 rings (SSSR count). The Morgan fingerprint density at radius 2 is 1.94 bits per heavy atom. The fourth-order valence-corrected chi connectivity index (χ4v) is 5.55. The van der Waals surface area contributed by atoms with Gasteiger partial charge in [-0.15, -0.1) is 0 Å². The normalized spacial score (nSPS) is 38.1. The molecule has 1 aliphatic carbocycles. The smallest absolute Gasteiger partial charge is 0.410 e. The van der Waals surface area contributed by atoms with Gasteiger partial charge in [-0.1, -0.05) is 11.6 Å². The van der Waals surface area contributed by atoms with E-state index >= 15 is 0 Å². The van der Waals surface area contributed by atoms with Crippen LogP contribution in [0.15, 0.2) is 11.6 Å². The molecule has 0 radical (unpaired) electrons. The lowest BCUT2D eigenvalue weighted by molar-refractivity contribution is -0.132. The van der Waals surface area contributed by atoms with Crippen molar-refractivity contribution in [2.45, 2.75) is 76.0 Å². The summed E-state index contributed by atoms with van der Waals surface area (Å²) in [6, 6.07) is 0. The summed E-state index contributed by atoms with van der Waals surface area (Å²) in [4.78, 5) is 27.9. The standard InChI is InChI=1S/C24H38N2O6/c1-15(2)7-8-18-23(3,32-18)21-20(29-6)17(9-10-24(21)14-30-24)31-22(28)26-12-16(13-26)11-19(27)25(4)5/h7,16-18,20-21H,8-14H2,1-6H3/t17-,18-,20-,21-,23+,24+/m1/s1. The highest BCUT2D eigenvalue weighted by Crippen LogP contribution is 2.59. The van der Waals surface area contributed by atoms with Gasteiger partial charge in [0.1, 0.15) is 23.4 Å². The Labute approximate surface area is 191 Å². The zero-order chi connectivity index (χ0) is 23.3. The SMILES string of the molecule is CO[C@@H]1[C@H](OC(=O)N2CC(CC(=O)N(C)C)C2)CC[C@]2(CO2)[C@H]1[C@@]1(C)O[C@@H]1CC=C(C)C. The average molecular weight is 451 g/mol. The Hall–Kier alpha value is -1.64. The maximum absolute atomic E-state index is 12.8. The maximum Gasteiger partial charge on any atom is 0.410 e. The minimum absolute atomic E-state index is 0.0176. The molecule has 0 bridgehead atoms. The lowest BCUT2D eigenvalue weighted by Gasteiger charge is -2.44. The molecule has 2 amide bonds. The molecule has 1 spiro atoms. The van der Waals surface area contributed by atoms with Crippen LogP contribution in [0.3, 0.4) is 0 Å². The van der Waals surface area contributed by atoms with Gasteiger partial charge in [-0.2, -0.15) is 0 Å². The third-order valence-corrected chi connectivity index (χ3v) is 7.67. The molecule has 0 aromatic heterocycles. The molecule has 8 nitrogen and oxygen atoms in total. The van der Waals surface area contributed by atoms with Gasteiger partial charge in [0.15, 0.2) is 0 Å². The first-order valence-corrected chi connectivity index (χ1v) is 11.7. The van der Waals surface area contributed by atoms with Crippen LogP contribution in [0.1, 0.15) is 46.5 Å². The molecule has 6 atom stereocenters. The second kappa shape index (κ2) is 8.61. The summed E-state index contributed by atoms with van der Waals surface area (Å²) < 4.78 is 24.1. The van der Waals surface area contributed by atoms with Gasteiger partial charge in [-0.05, 0) is 40.0 Å². The minimum Gasteiger partial charge on any atom is -0.443 e. The first-order valence-electron chi connectivity index (χ1n) is 11.7. The summed E-state index contributed by atoms with van der Waals surface area (Å²) in [5, 5.41) is 0. The van der Waals surface area contributed by atoms with E-state index in [9.17, 15) is 9.59 Å². The van der Waals surface area contributed by atoms with E-state index in [0.29, 0.717) is 32.5 Å². The molecule has 3 saturated heterocycles. The number of likely N-dealkylation sites (tertiary alicyclic amines) is 1. The van der Waals surface area contributed by atoms with Crippen molar-refractivity contribution in [2.24, 2.45) is 11.8 Å². The summed E-state index contributed by atoms with van der Waals surface area (Å²) in [7, 11) is 5.19. The van der Waals surface area contributed by atoms with Crippen molar-refractivity contribution in [3.05, 3.63) is 11.6 Å². The number of hydrogen-bond acceptors (Lipinski definition) is 6. The summed E-state index contributed by atoms with van der Waals surface area (Å²) in [6.07, 6.45) is 4.29. The van der Waals surface area contributed by atoms with Crippen LogP contribution in [0.2, 0.25) is 0 Å². The molecule has 8 heteroatoms. The highest BCUT2D eigenvalue weighted by Gasteiger charge is 2.72. The van der Waals surface area contributed by atoms with Gasteiger partial charge in [-0.25, -0.2) is 4.79 Å². The monoisotopic (exact) mass is 450 g/mol. The minimum atomic E-state index is -0.345. The number of nitrogens with zero attached hydrogens (tertiary/aromatic N) is 2. The first kappa shape index (κ1) is 23.5. The molecule has 3 aliphatic heterocycles. The van der Waals surface area contributed by atoms with Crippen LogP contribution in [-0.4, -0.2) is 92.2 Å². The van der Waals surface area contributed by atoms with E-state index in [-0.39, 0.29) is 53.4 Å². The second-order valence-corrected chi connectivity index (χ2v) is 10.6. The van der Waals surface area contributed by atoms with Gasteiger partial charge < -0.3 is 28.7 Å². The largest absolute Gasteiger partial charge is 0.443 e. The van der Waals surface area contributed by atoms with Crippen molar-refractivity contribution in [3.63, 3.8) is 0 Å². The Kier molecular flexibility index (Phi) is 6.33. The van der Waals surface area contributed by atoms with Crippen LogP contribution in [0.5, 0.6) is 0 Å². The quantitative estimate of drug-likeness (QED) is 0.438. The molecule has 0 unspecified atom stereocenters. The molecular formula is C24H38N2O6. The molecule has 4 fully saturated rings. The maximum atomic E-state index is 12.8. The lowest BCUT2D eigenvalue weighted by Crippen LogP contribution is -2.57. The van der Waals surface area contributed by atoms with Gasteiger partial charge in [0, 0.05) is 46.6 Å². The van der Waals surface area contributed by atoms with Crippen molar-refractivity contribution in [2.75, 3.05) is 40.9 Å². The van der Waals surface area contributed by atoms with E-state index < -0.39 is 0 Å². The second-order valence-electron chi connectivity index (χ2n) is 10.6. The summed E-state index contributed by atoms with van der Waals surface area (Å²) in [5.41, 5.74) is 0.703. The van der Waals surface area contributed by atoms with Gasteiger partial charge in [-0.3, -0.25) is 4.79 Å². The predicted octanol–water partition coefficient (Wildman–Crippen LogP) is 2.61. The van der Waals surface area contributed by atoms with E-state index in [4.69, 9.17) is 18.9 Å². The summed E-state index contributed by atoms with van der Waals surface area (Å²) in [6.45, 7) is 8.16. The Morgan fingerprint density at radius 1 is 1.25 bits per heavy atom. The molecule has 180 valence electrons. The number of allylic oxidation sites excluding steroid dienone is 1. The van der Waals surface area contributed by atoms with Gasteiger partial charge in [0.05, 0.1) is 18.6 Å². The molecule has 0 aromatic carbocycles. The lowest BCUT2D eigenvalue weighted by atomic mass is 9.68. The third kappa shape index (κ3) is 4.41. The summed E-state index contributed by atoms with van der Waals surface area (Å²) >= 11 is 0.